The number of ether oxygens (including phenoxy) is 1. The summed E-state index contributed by atoms with van der Waals surface area (Å²) >= 11 is 6.20. The van der Waals surface area contributed by atoms with Crippen molar-refractivity contribution in [1.82, 2.24) is 5.32 Å². The molecule has 1 aliphatic rings. The van der Waals surface area contributed by atoms with E-state index in [0.29, 0.717) is 20.7 Å². The third-order valence-corrected chi connectivity index (χ3v) is 4.91. The summed E-state index contributed by atoms with van der Waals surface area (Å²) in [6, 6.07) is 13.5. The van der Waals surface area contributed by atoms with E-state index in [2.05, 4.69) is 5.32 Å². The molecular formula is C19H16N2O4S2. The first kappa shape index (κ1) is 19.1. The van der Waals surface area contributed by atoms with Crippen LogP contribution in [0.2, 0.25) is 0 Å². The minimum absolute atomic E-state index is 0.187. The molecule has 1 unspecified atom stereocenters. The lowest BCUT2D eigenvalue weighted by molar-refractivity contribution is -0.138. The summed E-state index contributed by atoms with van der Waals surface area (Å²) in [6.45, 7) is 0. The topological polar surface area (TPSA) is 102 Å². The normalized spacial score (nSPS) is 16.3. The lowest BCUT2D eigenvalue weighted by Crippen LogP contribution is -2.32. The van der Waals surface area contributed by atoms with Crippen molar-refractivity contribution in [3.8, 4) is 11.5 Å². The number of aliphatic carboxylic acids is 1. The zero-order chi connectivity index (χ0) is 19.4. The minimum Gasteiger partial charge on any atom is -0.480 e. The summed E-state index contributed by atoms with van der Waals surface area (Å²) in [5.41, 5.74) is 7.22. The standard InChI is InChI=1S/C19H16N2O4S2/c20-15(18(23)24)9-11-1-5-13(6-2-11)25-14-7-3-12(4-8-14)10-16-17(22)21-19(26)27-16/h1-8,10,15H,9,20H2,(H,23,24)(H,21,22,26). The smallest absolute Gasteiger partial charge is 0.320 e. The molecule has 1 aliphatic heterocycles. The van der Waals surface area contributed by atoms with Crippen molar-refractivity contribution in [2.45, 2.75) is 12.5 Å². The molecule has 3 rings (SSSR count). The van der Waals surface area contributed by atoms with Crippen LogP contribution in [0.5, 0.6) is 11.5 Å². The highest BCUT2D eigenvalue weighted by molar-refractivity contribution is 8.26. The molecular weight excluding hydrogens is 384 g/mol. The molecule has 0 bridgehead atoms. The molecule has 1 saturated heterocycles. The van der Waals surface area contributed by atoms with Crippen molar-refractivity contribution in [2.24, 2.45) is 5.73 Å². The highest BCUT2D eigenvalue weighted by Gasteiger charge is 2.21. The quantitative estimate of drug-likeness (QED) is 0.506. The minimum atomic E-state index is -1.03. The molecule has 138 valence electrons. The summed E-state index contributed by atoms with van der Waals surface area (Å²) < 4.78 is 6.23. The van der Waals surface area contributed by atoms with Crippen LogP contribution in [0.4, 0.5) is 0 Å². The van der Waals surface area contributed by atoms with Gasteiger partial charge in [0.15, 0.2) is 0 Å². The number of rotatable bonds is 6. The number of nitrogens with one attached hydrogen (secondary N) is 1. The molecule has 0 saturated carbocycles. The number of hydrogen-bond acceptors (Lipinski definition) is 6. The Morgan fingerprint density at radius 1 is 1.19 bits per heavy atom. The summed E-state index contributed by atoms with van der Waals surface area (Å²) in [5.74, 6) is 0.0599. The number of thioether (sulfide) groups is 1. The van der Waals surface area contributed by atoms with Crippen LogP contribution < -0.4 is 15.8 Å². The van der Waals surface area contributed by atoms with Crippen LogP contribution in [0.1, 0.15) is 11.1 Å². The van der Waals surface area contributed by atoms with Crippen LogP contribution >= 0.6 is 24.0 Å². The zero-order valence-electron chi connectivity index (χ0n) is 14.0. The third kappa shape index (κ3) is 5.16. The van der Waals surface area contributed by atoms with Gasteiger partial charge in [-0.1, -0.05) is 48.2 Å². The van der Waals surface area contributed by atoms with E-state index < -0.39 is 12.0 Å². The molecule has 1 atom stereocenters. The largest absolute Gasteiger partial charge is 0.480 e. The van der Waals surface area contributed by atoms with Crippen LogP contribution in [-0.4, -0.2) is 27.3 Å². The SMILES string of the molecule is NC(Cc1ccc(Oc2ccc(C=C3SC(=S)NC3=O)cc2)cc1)C(=O)O. The molecule has 2 aromatic rings. The van der Waals surface area contributed by atoms with Gasteiger partial charge >= 0.3 is 5.97 Å². The van der Waals surface area contributed by atoms with Crippen LogP contribution in [0.3, 0.4) is 0 Å². The van der Waals surface area contributed by atoms with E-state index in [1.165, 1.54) is 11.8 Å². The van der Waals surface area contributed by atoms with Crippen molar-refractivity contribution in [2.75, 3.05) is 0 Å². The molecule has 1 heterocycles. The van der Waals surface area contributed by atoms with E-state index >= 15 is 0 Å². The highest BCUT2D eigenvalue weighted by atomic mass is 32.2. The van der Waals surface area contributed by atoms with E-state index in [0.717, 1.165) is 11.1 Å². The maximum Gasteiger partial charge on any atom is 0.320 e. The maximum atomic E-state index is 11.7. The third-order valence-electron chi connectivity index (χ3n) is 3.75. The molecule has 0 aliphatic carbocycles. The Bertz CT molecular complexity index is 908. The van der Waals surface area contributed by atoms with Gasteiger partial charge in [-0.2, -0.15) is 0 Å². The first-order valence-corrected chi connectivity index (χ1v) is 9.23. The van der Waals surface area contributed by atoms with E-state index in [4.69, 9.17) is 27.8 Å². The average Bonchev–Trinajstić information content (AvgIpc) is 2.95. The van der Waals surface area contributed by atoms with E-state index in [1.807, 2.05) is 12.1 Å². The molecule has 1 amide bonds. The number of benzene rings is 2. The molecule has 1 fully saturated rings. The van der Waals surface area contributed by atoms with E-state index in [-0.39, 0.29) is 12.3 Å². The van der Waals surface area contributed by atoms with E-state index in [9.17, 15) is 9.59 Å². The number of amides is 1. The Labute approximate surface area is 165 Å². The van der Waals surface area contributed by atoms with Crippen molar-refractivity contribution in [3.63, 3.8) is 0 Å². The molecule has 2 aromatic carbocycles. The molecule has 6 nitrogen and oxygen atoms in total. The van der Waals surface area contributed by atoms with Crippen molar-refractivity contribution in [1.29, 1.82) is 0 Å². The highest BCUT2D eigenvalue weighted by Crippen LogP contribution is 2.27. The van der Waals surface area contributed by atoms with Gasteiger partial charge in [0, 0.05) is 0 Å². The Hall–Kier alpha value is -2.68. The van der Waals surface area contributed by atoms with Crippen LogP contribution in [0.25, 0.3) is 6.08 Å². The van der Waals surface area contributed by atoms with Gasteiger partial charge in [-0.25, -0.2) is 0 Å². The molecule has 0 radical (unpaired) electrons. The average molecular weight is 400 g/mol. The lowest BCUT2D eigenvalue weighted by atomic mass is 10.1. The predicted molar refractivity (Wildman–Crippen MR) is 109 cm³/mol. The summed E-state index contributed by atoms with van der Waals surface area (Å²) in [6.07, 6.45) is 2.03. The first-order chi connectivity index (χ1) is 12.9. The van der Waals surface area contributed by atoms with Crippen LogP contribution in [-0.2, 0) is 16.0 Å². The predicted octanol–water partition coefficient (Wildman–Crippen LogP) is 2.92. The Morgan fingerprint density at radius 3 is 2.30 bits per heavy atom. The van der Waals surface area contributed by atoms with Gasteiger partial charge in [-0.3, -0.25) is 9.59 Å². The number of carboxylic acid groups (broad SMARTS) is 1. The van der Waals surface area contributed by atoms with Gasteiger partial charge in [0.1, 0.15) is 21.9 Å². The number of carbonyl (C=O) groups is 2. The fraction of sp³-hybridized carbons (Fsp3) is 0.105. The number of carbonyl (C=O) groups excluding carboxylic acids is 1. The fourth-order valence-electron chi connectivity index (χ4n) is 2.38. The van der Waals surface area contributed by atoms with Gasteiger partial charge in [0.2, 0.25) is 0 Å². The molecule has 0 aromatic heterocycles. The number of thiocarbonyl (C=S) groups is 1. The van der Waals surface area contributed by atoms with Gasteiger partial charge in [0.05, 0.1) is 4.91 Å². The Balaban J connectivity index is 1.63. The Morgan fingerprint density at radius 2 is 1.78 bits per heavy atom. The maximum absolute atomic E-state index is 11.7. The number of carboxylic acids is 1. The van der Waals surface area contributed by atoms with Crippen molar-refractivity contribution < 1.29 is 19.4 Å². The fourth-order valence-corrected chi connectivity index (χ4v) is 3.42. The van der Waals surface area contributed by atoms with Crippen molar-refractivity contribution in [3.05, 3.63) is 64.6 Å². The molecule has 8 heteroatoms. The Kier molecular flexibility index (Phi) is 5.90. The van der Waals surface area contributed by atoms with Crippen molar-refractivity contribution >= 4 is 46.3 Å². The molecule has 27 heavy (non-hydrogen) atoms. The van der Waals surface area contributed by atoms with Gasteiger partial charge in [-0.05, 0) is 47.9 Å². The second-order valence-electron chi connectivity index (χ2n) is 5.82. The lowest BCUT2D eigenvalue weighted by Gasteiger charge is -2.09. The second kappa shape index (κ2) is 8.34. The van der Waals surface area contributed by atoms with Gasteiger partial charge in [0.25, 0.3) is 5.91 Å². The zero-order valence-corrected chi connectivity index (χ0v) is 15.7. The van der Waals surface area contributed by atoms with Crippen LogP contribution in [0, 0.1) is 0 Å². The summed E-state index contributed by atoms with van der Waals surface area (Å²) in [4.78, 5) is 23.0. The molecule has 4 N–H and O–H groups in total. The van der Waals surface area contributed by atoms with Crippen LogP contribution in [0.15, 0.2) is 53.4 Å². The first-order valence-electron chi connectivity index (χ1n) is 8.01. The van der Waals surface area contributed by atoms with Gasteiger partial charge < -0.3 is 20.9 Å². The monoisotopic (exact) mass is 400 g/mol. The summed E-state index contributed by atoms with van der Waals surface area (Å²) in [5, 5.41) is 11.4. The number of nitrogens with two attached hydrogens (primary N) is 1. The van der Waals surface area contributed by atoms with Gasteiger partial charge in [-0.15, -0.1) is 0 Å². The van der Waals surface area contributed by atoms with E-state index in [1.54, 1.807) is 42.5 Å². The second-order valence-corrected chi connectivity index (χ2v) is 7.54. The summed E-state index contributed by atoms with van der Waals surface area (Å²) in [7, 11) is 0. The molecule has 0 spiro atoms. The number of hydrogen-bond donors (Lipinski definition) is 3.